The summed E-state index contributed by atoms with van der Waals surface area (Å²) in [5.74, 6) is 0. The number of para-hydroxylation sites is 1. The van der Waals surface area contributed by atoms with Crippen molar-refractivity contribution in [1.29, 1.82) is 0 Å². The SMILES string of the molecule is CC1=C(C)[C@@]23CCCC[C@]12[C@H]1C=C[C@H]3n2c(=O)n(-c3ccccc3)c(=O)n21. The number of allylic oxidation sites excluding steroid dienone is 4. The summed E-state index contributed by atoms with van der Waals surface area (Å²) in [5, 5.41) is 0. The number of aromatic nitrogens is 3. The van der Waals surface area contributed by atoms with Gasteiger partial charge in [0.2, 0.25) is 0 Å². The molecule has 0 unspecified atom stereocenters. The zero-order valence-electron chi connectivity index (χ0n) is 15.7. The predicted molar refractivity (Wildman–Crippen MR) is 103 cm³/mol. The molecule has 4 atom stereocenters. The topological polar surface area (TPSA) is 48.9 Å². The lowest BCUT2D eigenvalue weighted by atomic mass is 9.35. The molecule has 1 fully saturated rings. The molecule has 5 nitrogen and oxygen atoms in total. The van der Waals surface area contributed by atoms with Gasteiger partial charge in [-0.25, -0.2) is 23.5 Å². The van der Waals surface area contributed by atoms with Gasteiger partial charge >= 0.3 is 11.4 Å². The van der Waals surface area contributed by atoms with Crippen LogP contribution < -0.4 is 11.4 Å². The molecule has 7 rings (SSSR count). The van der Waals surface area contributed by atoms with Crippen LogP contribution in [0.25, 0.3) is 5.69 Å². The van der Waals surface area contributed by atoms with Gasteiger partial charge in [0, 0.05) is 10.8 Å². The standard InChI is InChI=1S/C22H23N3O2/c1-14-15(2)22-13-7-6-12-21(14,22)17-10-11-18(22)25-20(27)23(19(26)24(17)25)16-8-4-3-5-9-16/h3-5,8-11,17-18H,6-7,12-13H2,1-2H3/t17-,18-,21-,22-/m1/s1. The summed E-state index contributed by atoms with van der Waals surface area (Å²) in [5.41, 5.74) is 3.13. The van der Waals surface area contributed by atoms with Crippen molar-refractivity contribution >= 4 is 0 Å². The van der Waals surface area contributed by atoms with E-state index in [-0.39, 0.29) is 34.3 Å². The van der Waals surface area contributed by atoms with E-state index in [9.17, 15) is 9.59 Å². The molecule has 138 valence electrons. The van der Waals surface area contributed by atoms with Gasteiger partial charge in [0.25, 0.3) is 0 Å². The molecule has 5 heteroatoms. The summed E-state index contributed by atoms with van der Waals surface area (Å²) in [7, 11) is 0. The highest BCUT2D eigenvalue weighted by molar-refractivity contribution is 5.51. The highest BCUT2D eigenvalue weighted by Crippen LogP contribution is 2.78. The van der Waals surface area contributed by atoms with Gasteiger partial charge < -0.3 is 0 Å². The van der Waals surface area contributed by atoms with E-state index in [0.29, 0.717) is 5.69 Å². The highest BCUT2D eigenvalue weighted by atomic mass is 16.2. The number of hydrogen-bond donors (Lipinski definition) is 0. The molecular weight excluding hydrogens is 338 g/mol. The van der Waals surface area contributed by atoms with Crippen molar-refractivity contribution in [3.8, 4) is 5.69 Å². The molecular formula is C22H23N3O2. The summed E-state index contributed by atoms with van der Waals surface area (Å²) in [6.07, 6.45) is 9.00. The van der Waals surface area contributed by atoms with Crippen LogP contribution in [0.3, 0.4) is 0 Å². The highest BCUT2D eigenvalue weighted by Gasteiger charge is 2.72. The number of rotatable bonds is 1. The Morgan fingerprint density at radius 3 is 1.78 bits per heavy atom. The van der Waals surface area contributed by atoms with Crippen LogP contribution in [0.5, 0.6) is 0 Å². The molecule has 3 heterocycles. The molecule has 2 aromatic rings. The van der Waals surface area contributed by atoms with Crippen molar-refractivity contribution in [3.63, 3.8) is 0 Å². The second-order valence-corrected chi connectivity index (χ2v) is 8.60. The Balaban J connectivity index is 1.69. The average Bonchev–Trinajstić information content (AvgIpc) is 2.99. The van der Waals surface area contributed by atoms with Crippen molar-refractivity contribution in [3.05, 3.63) is 74.6 Å². The van der Waals surface area contributed by atoms with Gasteiger partial charge in [0.05, 0.1) is 17.8 Å². The monoisotopic (exact) mass is 361 g/mol. The summed E-state index contributed by atoms with van der Waals surface area (Å²) < 4.78 is 4.88. The normalized spacial score (nSPS) is 35.5. The molecule has 1 aromatic heterocycles. The van der Waals surface area contributed by atoms with Crippen molar-refractivity contribution < 1.29 is 0 Å². The van der Waals surface area contributed by atoms with E-state index in [1.54, 1.807) is 9.36 Å². The minimum absolute atomic E-state index is 0.00783. The van der Waals surface area contributed by atoms with Gasteiger partial charge in [-0.1, -0.05) is 54.3 Å². The molecule has 0 radical (unpaired) electrons. The van der Waals surface area contributed by atoms with Gasteiger partial charge in [-0.05, 0) is 38.8 Å². The molecule has 2 aliphatic heterocycles. The van der Waals surface area contributed by atoms with E-state index in [1.807, 2.05) is 30.3 Å². The Labute approximate surface area is 157 Å². The second-order valence-electron chi connectivity index (χ2n) is 8.60. The Kier molecular flexibility index (Phi) is 2.66. The van der Waals surface area contributed by atoms with E-state index >= 15 is 0 Å². The van der Waals surface area contributed by atoms with Gasteiger partial charge in [-0.15, -0.1) is 0 Å². The van der Waals surface area contributed by atoms with Crippen LogP contribution in [-0.4, -0.2) is 13.9 Å². The van der Waals surface area contributed by atoms with E-state index in [4.69, 9.17) is 0 Å². The summed E-state index contributed by atoms with van der Waals surface area (Å²) >= 11 is 0. The average molecular weight is 361 g/mol. The quantitative estimate of drug-likeness (QED) is 0.731. The van der Waals surface area contributed by atoms with Crippen LogP contribution in [-0.2, 0) is 0 Å². The molecule has 1 saturated carbocycles. The van der Waals surface area contributed by atoms with Gasteiger partial charge in [-0.2, -0.15) is 0 Å². The minimum Gasteiger partial charge on any atom is -0.245 e. The van der Waals surface area contributed by atoms with Crippen LogP contribution in [0.1, 0.15) is 51.6 Å². The van der Waals surface area contributed by atoms with Crippen LogP contribution in [0, 0.1) is 10.8 Å². The smallest absolute Gasteiger partial charge is 0.245 e. The molecule has 0 N–H and O–H groups in total. The summed E-state index contributed by atoms with van der Waals surface area (Å²) in [4.78, 5) is 26.8. The van der Waals surface area contributed by atoms with Crippen LogP contribution in [0.2, 0.25) is 0 Å². The predicted octanol–water partition coefficient (Wildman–Crippen LogP) is 3.36. The molecule has 27 heavy (non-hydrogen) atoms. The van der Waals surface area contributed by atoms with Crippen LogP contribution in [0.4, 0.5) is 0 Å². The van der Waals surface area contributed by atoms with Crippen molar-refractivity contribution in [2.24, 2.45) is 10.8 Å². The van der Waals surface area contributed by atoms with Crippen molar-refractivity contribution in [2.45, 2.75) is 51.6 Å². The maximum atomic E-state index is 13.4. The Bertz CT molecular complexity index is 1090. The Morgan fingerprint density at radius 1 is 0.815 bits per heavy atom. The first kappa shape index (κ1) is 15.5. The Morgan fingerprint density at radius 2 is 1.30 bits per heavy atom. The molecule has 3 aliphatic carbocycles. The van der Waals surface area contributed by atoms with Gasteiger partial charge in [0.1, 0.15) is 0 Å². The number of benzene rings is 1. The summed E-state index contributed by atoms with van der Waals surface area (Å²) in [6.45, 7) is 4.49. The van der Waals surface area contributed by atoms with E-state index in [1.165, 1.54) is 28.6 Å². The molecule has 2 bridgehead atoms. The first-order chi connectivity index (χ1) is 13.1. The van der Waals surface area contributed by atoms with E-state index in [0.717, 1.165) is 12.8 Å². The lowest BCUT2D eigenvalue weighted by Crippen LogP contribution is -2.68. The third kappa shape index (κ3) is 1.38. The first-order valence-corrected chi connectivity index (χ1v) is 9.94. The third-order valence-electron chi connectivity index (χ3n) is 8.12. The fraction of sp³-hybridized carbons (Fsp3) is 0.455. The maximum absolute atomic E-state index is 13.4. The van der Waals surface area contributed by atoms with Gasteiger partial charge in [0.15, 0.2) is 0 Å². The van der Waals surface area contributed by atoms with Crippen LogP contribution in [0.15, 0.2) is 63.2 Å². The van der Waals surface area contributed by atoms with Crippen LogP contribution >= 0.6 is 0 Å². The largest absolute Gasteiger partial charge is 0.352 e. The lowest BCUT2D eigenvalue weighted by molar-refractivity contribution is -0.104. The number of nitrogens with zero attached hydrogens (tertiary/aromatic N) is 3. The summed E-state index contributed by atoms with van der Waals surface area (Å²) in [6, 6.07) is 9.18. The second kappa shape index (κ2) is 4.64. The third-order valence-corrected chi connectivity index (χ3v) is 8.12. The molecule has 0 amide bonds. The first-order valence-electron chi connectivity index (χ1n) is 9.94. The fourth-order valence-corrected chi connectivity index (χ4v) is 7.07. The molecule has 0 spiro atoms. The lowest BCUT2D eigenvalue weighted by Gasteiger charge is -2.71. The van der Waals surface area contributed by atoms with Crippen molar-refractivity contribution in [2.75, 3.05) is 0 Å². The Hall–Kier alpha value is -2.56. The zero-order valence-corrected chi connectivity index (χ0v) is 15.7. The molecule has 1 aromatic carbocycles. The van der Waals surface area contributed by atoms with E-state index < -0.39 is 0 Å². The molecule has 0 saturated heterocycles. The molecule has 5 aliphatic rings. The minimum atomic E-state index is -0.212. The van der Waals surface area contributed by atoms with Gasteiger partial charge in [-0.3, -0.25) is 0 Å². The number of hydrogen-bond acceptors (Lipinski definition) is 2. The fourth-order valence-electron chi connectivity index (χ4n) is 7.07. The zero-order chi connectivity index (χ0) is 18.6. The van der Waals surface area contributed by atoms with E-state index in [2.05, 4.69) is 26.0 Å². The maximum Gasteiger partial charge on any atom is 0.352 e. The van der Waals surface area contributed by atoms with Crippen molar-refractivity contribution in [1.82, 2.24) is 13.9 Å².